The van der Waals surface area contributed by atoms with Gasteiger partial charge in [0.1, 0.15) is 0 Å². The second kappa shape index (κ2) is 5.99. The Labute approximate surface area is 100 Å². The third-order valence-electron chi connectivity index (χ3n) is 3.65. The number of rotatable bonds is 5. The first kappa shape index (κ1) is 13.9. The second-order valence-corrected chi connectivity index (χ2v) is 4.72. The molecule has 96 valence electrons. The van der Waals surface area contributed by atoms with Crippen LogP contribution in [0.1, 0.15) is 40.5 Å². The molecule has 2 fully saturated rings. The first-order valence-electron chi connectivity index (χ1n) is 6.18. The molecule has 3 nitrogen and oxygen atoms in total. The SMILES string of the molecule is C.CCN1CC[C@H](OC2CC2)[C@H]1[C@H](C)OC. The molecule has 0 radical (unpaired) electrons. The van der Waals surface area contributed by atoms with E-state index in [2.05, 4.69) is 18.7 Å². The normalized spacial score (nSPS) is 32.4. The molecule has 0 N–H and O–H groups in total. The van der Waals surface area contributed by atoms with E-state index in [0.29, 0.717) is 18.2 Å². The summed E-state index contributed by atoms with van der Waals surface area (Å²) in [5, 5.41) is 0. The summed E-state index contributed by atoms with van der Waals surface area (Å²) in [7, 11) is 1.80. The average molecular weight is 229 g/mol. The summed E-state index contributed by atoms with van der Waals surface area (Å²) in [6.45, 7) is 6.63. The molecule has 0 aromatic carbocycles. The Hall–Kier alpha value is -0.120. The predicted octanol–water partition coefficient (Wildman–Crippen LogP) is 2.30. The molecule has 2 rings (SSSR count). The van der Waals surface area contributed by atoms with Gasteiger partial charge in [-0.2, -0.15) is 0 Å². The van der Waals surface area contributed by atoms with Crippen molar-refractivity contribution in [3.63, 3.8) is 0 Å². The first-order valence-corrected chi connectivity index (χ1v) is 6.18. The number of likely N-dealkylation sites (N-methyl/N-ethyl adjacent to an activating group) is 1. The Bertz CT molecular complexity index is 206. The fourth-order valence-corrected chi connectivity index (χ4v) is 2.56. The zero-order valence-corrected chi connectivity index (χ0v) is 10.1. The van der Waals surface area contributed by atoms with Crippen molar-refractivity contribution in [1.29, 1.82) is 0 Å². The molecular formula is C13H27NO2. The lowest BCUT2D eigenvalue weighted by atomic mass is 10.1. The maximum atomic E-state index is 6.07. The van der Waals surface area contributed by atoms with Crippen molar-refractivity contribution in [2.24, 2.45) is 0 Å². The van der Waals surface area contributed by atoms with Crippen molar-refractivity contribution >= 4 is 0 Å². The number of nitrogens with zero attached hydrogens (tertiary/aromatic N) is 1. The molecule has 1 heterocycles. The maximum absolute atomic E-state index is 6.07. The summed E-state index contributed by atoms with van der Waals surface area (Å²) < 4.78 is 11.5. The Morgan fingerprint density at radius 2 is 2.00 bits per heavy atom. The van der Waals surface area contributed by atoms with E-state index in [1.165, 1.54) is 19.3 Å². The van der Waals surface area contributed by atoms with Crippen LogP contribution >= 0.6 is 0 Å². The standard InChI is InChI=1S/C12H23NO2.CH4/c1-4-13-8-7-11(15-10-5-6-10)12(13)9(2)14-3;/h9-12H,4-8H2,1-3H3;1H4/t9-,11-,12+;/m0./s1. The lowest BCUT2D eigenvalue weighted by Crippen LogP contribution is -2.45. The number of methoxy groups -OCH3 is 1. The van der Waals surface area contributed by atoms with Gasteiger partial charge in [-0.25, -0.2) is 0 Å². The molecule has 0 aromatic heterocycles. The Morgan fingerprint density at radius 1 is 1.31 bits per heavy atom. The summed E-state index contributed by atoms with van der Waals surface area (Å²) in [6.07, 6.45) is 4.91. The number of hydrogen-bond donors (Lipinski definition) is 0. The van der Waals surface area contributed by atoms with Crippen LogP contribution in [0.15, 0.2) is 0 Å². The van der Waals surface area contributed by atoms with E-state index in [4.69, 9.17) is 9.47 Å². The van der Waals surface area contributed by atoms with Gasteiger partial charge in [-0.05, 0) is 32.7 Å². The third-order valence-corrected chi connectivity index (χ3v) is 3.65. The molecule has 1 aliphatic heterocycles. The molecule has 1 saturated heterocycles. The van der Waals surface area contributed by atoms with E-state index in [-0.39, 0.29) is 13.5 Å². The van der Waals surface area contributed by atoms with Crippen LogP contribution in [0.25, 0.3) is 0 Å². The molecule has 3 heteroatoms. The van der Waals surface area contributed by atoms with Gasteiger partial charge in [0.15, 0.2) is 0 Å². The molecule has 3 atom stereocenters. The second-order valence-electron chi connectivity index (χ2n) is 4.72. The van der Waals surface area contributed by atoms with Gasteiger partial charge in [-0.3, -0.25) is 4.90 Å². The molecule has 0 unspecified atom stereocenters. The minimum Gasteiger partial charge on any atom is -0.380 e. The van der Waals surface area contributed by atoms with Gasteiger partial charge in [0.25, 0.3) is 0 Å². The van der Waals surface area contributed by atoms with E-state index < -0.39 is 0 Å². The first-order chi connectivity index (χ1) is 7.26. The van der Waals surface area contributed by atoms with Gasteiger partial charge in [0.05, 0.1) is 24.4 Å². The highest BCUT2D eigenvalue weighted by molar-refractivity contribution is 4.93. The number of hydrogen-bond acceptors (Lipinski definition) is 3. The van der Waals surface area contributed by atoms with Gasteiger partial charge in [0.2, 0.25) is 0 Å². The summed E-state index contributed by atoms with van der Waals surface area (Å²) in [5.41, 5.74) is 0. The Morgan fingerprint density at radius 3 is 2.50 bits per heavy atom. The fraction of sp³-hybridized carbons (Fsp3) is 1.00. The zero-order chi connectivity index (χ0) is 10.8. The van der Waals surface area contributed by atoms with E-state index in [0.717, 1.165) is 13.1 Å². The Kier molecular flexibility index (Phi) is 5.22. The minimum atomic E-state index is 0. The van der Waals surface area contributed by atoms with Gasteiger partial charge < -0.3 is 9.47 Å². The summed E-state index contributed by atoms with van der Waals surface area (Å²) in [5.74, 6) is 0. The van der Waals surface area contributed by atoms with Crippen molar-refractivity contribution in [1.82, 2.24) is 4.90 Å². The van der Waals surface area contributed by atoms with E-state index >= 15 is 0 Å². The largest absolute Gasteiger partial charge is 0.380 e. The highest BCUT2D eigenvalue weighted by Gasteiger charge is 2.40. The molecule has 2 aliphatic rings. The molecule has 0 bridgehead atoms. The fourth-order valence-electron chi connectivity index (χ4n) is 2.56. The molecule has 16 heavy (non-hydrogen) atoms. The average Bonchev–Trinajstić information content (AvgIpc) is 2.96. The van der Waals surface area contributed by atoms with Crippen LogP contribution in [0.3, 0.4) is 0 Å². The van der Waals surface area contributed by atoms with E-state index in [1.54, 1.807) is 7.11 Å². The highest BCUT2D eigenvalue weighted by atomic mass is 16.5. The van der Waals surface area contributed by atoms with Crippen molar-refractivity contribution in [2.45, 2.75) is 64.9 Å². The summed E-state index contributed by atoms with van der Waals surface area (Å²) >= 11 is 0. The van der Waals surface area contributed by atoms with Crippen LogP contribution in [0.4, 0.5) is 0 Å². The van der Waals surface area contributed by atoms with Crippen molar-refractivity contribution in [3.8, 4) is 0 Å². The van der Waals surface area contributed by atoms with Crippen molar-refractivity contribution < 1.29 is 9.47 Å². The van der Waals surface area contributed by atoms with E-state index in [9.17, 15) is 0 Å². The lowest BCUT2D eigenvalue weighted by molar-refractivity contribution is -0.0396. The van der Waals surface area contributed by atoms with Crippen LogP contribution in [-0.4, -0.2) is 49.5 Å². The van der Waals surface area contributed by atoms with Gasteiger partial charge in [0, 0.05) is 13.7 Å². The third kappa shape index (κ3) is 2.96. The van der Waals surface area contributed by atoms with Crippen LogP contribution < -0.4 is 0 Å². The topological polar surface area (TPSA) is 21.7 Å². The van der Waals surface area contributed by atoms with Gasteiger partial charge in [-0.15, -0.1) is 0 Å². The molecule has 1 saturated carbocycles. The molecule has 0 spiro atoms. The van der Waals surface area contributed by atoms with Crippen molar-refractivity contribution in [3.05, 3.63) is 0 Å². The smallest absolute Gasteiger partial charge is 0.0771 e. The zero-order valence-electron chi connectivity index (χ0n) is 10.1. The van der Waals surface area contributed by atoms with Crippen LogP contribution in [0, 0.1) is 0 Å². The maximum Gasteiger partial charge on any atom is 0.0771 e. The molecule has 0 amide bonds. The van der Waals surface area contributed by atoms with E-state index in [1.807, 2.05) is 0 Å². The predicted molar refractivity (Wildman–Crippen MR) is 66.7 cm³/mol. The lowest BCUT2D eigenvalue weighted by Gasteiger charge is -2.31. The van der Waals surface area contributed by atoms with Crippen LogP contribution in [-0.2, 0) is 9.47 Å². The highest BCUT2D eigenvalue weighted by Crippen LogP contribution is 2.32. The summed E-state index contributed by atoms with van der Waals surface area (Å²) in [4.78, 5) is 2.49. The minimum absolute atomic E-state index is 0. The Balaban J connectivity index is 0.00000128. The number of likely N-dealkylation sites (tertiary alicyclic amines) is 1. The monoisotopic (exact) mass is 229 g/mol. The van der Waals surface area contributed by atoms with Crippen molar-refractivity contribution in [2.75, 3.05) is 20.2 Å². The quantitative estimate of drug-likeness (QED) is 0.722. The van der Waals surface area contributed by atoms with Gasteiger partial charge in [-0.1, -0.05) is 14.4 Å². The molecular weight excluding hydrogens is 202 g/mol. The van der Waals surface area contributed by atoms with Crippen LogP contribution in [0.2, 0.25) is 0 Å². The summed E-state index contributed by atoms with van der Waals surface area (Å²) in [6, 6.07) is 0.459. The molecule has 1 aliphatic carbocycles. The van der Waals surface area contributed by atoms with Crippen LogP contribution in [0.5, 0.6) is 0 Å². The molecule has 0 aromatic rings. The van der Waals surface area contributed by atoms with Gasteiger partial charge >= 0.3 is 0 Å². The number of ether oxygens (including phenoxy) is 2.